The molecule has 2 rings (SSSR count). The summed E-state index contributed by atoms with van der Waals surface area (Å²) in [5.41, 5.74) is 1.91. The molecule has 0 saturated carbocycles. The molecule has 1 N–H and O–H groups in total. The smallest absolute Gasteiger partial charge is 0.129 e. The van der Waals surface area contributed by atoms with Crippen molar-refractivity contribution in [3.8, 4) is 0 Å². The van der Waals surface area contributed by atoms with E-state index >= 15 is 0 Å². The van der Waals surface area contributed by atoms with Gasteiger partial charge in [0.2, 0.25) is 0 Å². The molecule has 0 aromatic heterocycles. The molecule has 1 fully saturated rings. The lowest BCUT2D eigenvalue weighted by atomic mass is 9.96. The van der Waals surface area contributed by atoms with Crippen molar-refractivity contribution in [1.82, 2.24) is 5.32 Å². The molecule has 1 atom stereocenters. The SMILES string of the molecule is Cc1cc(C2CCCCN2)c(F)cc1Br. The lowest BCUT2D eigenvalue weighted by Gasteiger charge is -2.24. The summed E-state index contributed by atoms with van der Waals surface area (Å²) < 4.78 is 14.6. The molecule has 0 spiro atoms. The van der Waals surface area contributed by atoms with Gasteiger partial charge in [-0.05, 0) is 37.9 Å². The maximum Gasteiger partial charge on any atom is 0.129 e. The Morgan fingerprint density at radius 1 is 1.40 bits per heavy atom. The van der Waals surface area contributed by atoms with Crippen LogP contribution in [-0.4, -0.2) is 6.54 Å². The Kier molecular flexibility index (Phi) is 3.42. The number of benzene rings is 1. The topological polar surface area (TPSA) is 12.0 Å². The highest BCUT2D eigenvalue weighted by atomic mass is 79.9. The van der Waals surface area contributed by atoms with E-state index in [2.05, 4.69) is 21.2 Å². The fraction of sp³-hybridized carbons (Fsp3) is 0.500. The molecule has 0 bridgehead atoms. The molecule has 0 aliphatic carbocycles. The molecule has 0 radical (unpaired) electrons. The first kappa shape index (κ1) is 11.1. The second-order valence-electron chi connectivity index (χ2n) is 4.13. The van der Waals surface area contributed by atoms with Gasteiger partial charge in [0.15, 0.2) is 0 Å². The molecule has 82 valence electrons. The summed E-state index contributed by atoms with van der Waals surface area (Å²) in [7, 11) is 0. The van der Waals surface area contributed by atoms with Crippen molar-refractivity contribution in [1.29, 1.82) is 0 Å². The average molecular weight is 272 g/mol. The van der Waals surface area contributed by atoms with Gasteiger partial charge in [0.05, 0.1) is 0 Å². The summed E-state index contributed by atoms with van der Waals surface area (Å²) in [6, 6.07) is 3.72. The van der Waals surface area contributed by atoms with Gasteiger partial charge in [-0.3, -0.25) is 0 Å². The fourth-order valence-electron chi connectivity index (χ4n) is 2.06. The standard InChI is InChI=1S/C12H15BrFN/c1-8-6-9(11(14)7-10(8)13)12-4-2-3-5-15-12/h6-7,12,15H,2-5H2,1H3. The van der Waals surface area contributed by atoms with Crippen LogP contribution in [0.3, 0.4) is 0 Å². The van der Waals surface area contributed by atoms with Crippen molar-refractivity contribution in [2.75, 3.05) is 6.54 Å². The van der Waals surface area contributed by atoms with Crippen LogP contribution >= 0.6 is 15.9 Å². The predicted octanol–water partition coefficient (Wildman–Crippen LogP) is 3.71. The van der Waals surface area contributed by atoms with Gasteiger partial charge in [0.1, 0.15) is 5.82 Å². The molecule has 1 aliphatic heterocycles. The molecular weight excluding hydrogens is 257 g/mol. The molecule has 1 aromatic rings. The second-order valence-corrected chi connectivity index (χ2v) is 4.98. The van der Waals surface area contributed by atoms with Crippen molar-refractivity contribution in [2.24, 2.45) is 0 Å². The third-order valence-electron chi connectivity index (χ3n) is 2.96. The number of halogens is 2. The maximum atomic E-state index is 13.7. The minimum absolute atomic E-state index is 0.105. The molecule has 15 heavy (non-hydrogen) atoms. The Morgan fingerprint density at radius 3 is 2.87 bits per heavy atom. The number of hydrogen-bond donors (Lipinski definition) is 1. The zero-order chi connectivity index (χ0) is 10.8. The van der Waals surface area contributed by atoms with Crippen molar-refractivity contribution in [3.05, 3.63) is 33.5 Å². The van der Waals surface area contributed by atoms with Crippen LogP contribution in [-0.2, 0) is 0 Å². The summed E-state index contributed by atoms with van der Waals surface area (Å²) >= 11 is 3.34. The van der Waals surface area contributed by atoms with E-state index in [0.29, 0.717) is 0 Å². The Bertz CT molecular complexity index is 359. The molecule has 0 amide bonds. The zero-order valence-corrected chi connectivity index (χ0v) is 10.4. The quantitative estimate of drug-likeness (QED) is 0.821. The maximum absolute atomic E-state index is 13.7. The molecule has 1 nitrogen and oxygen atoms in total. The molecule has 1 saturated heterocycles. The molecule has 3 heteroatoms. The normalized spacial score (nSPS) is 21.7. The summed E-state index contributed by atoms with van der Waals surface area (Å²) in [5, 5.41) is 3.37. The first-order valence-electron chi connectivity index (χ1n) is 5.37. The van der Waals surface area contributed by atoms with Crippen LogP contribution < -0.4 is 5.32 Å². The van der Waals surface area contributed by atoms with E-state index in [1.54, 1.807) is 6.07 Å². The third-order valence-corrected chi connectivity index (χ3v) is 3.82. The number of rotatable bonds is 1. The number of nitrogens with one attached hydrogen (secondary N) is 1. The van der Waals surface area contributed by atoms with Crippen LogP contribution in [0, 0.1) is 12.7 Å². The van der Waals surface area contributed by atoms with Crippen molar-refractivity contribution < 1.29 is 4.39 Å². The van der Waals surface area contributed by atoms with Crippen LogP contribution in [0.2, 0.25) is 0 Å². The molecule has 1 unspecified atom stereocenters. The van der Waals surface area contributed by atoms with Crippen LogP contribution in [0.15, 0.2) is 16.6 Å². The van der Waals surface area contributed by atoms with E-state index in [1.807, 2.05) is 13.0 Å². The predicted molar refractivity (Wildman–Crippen MR) is 63.4 cm³/mol. The third kappa shape index (κ3) is 2.40. The lowest BCUT2D eigenvalue weighted by molar-refractivity contribution is 0.399. The lowest BCUT2D eigenvalue weighted by Crippen LogP contribution is -2.27. The van der Waals surface area contributed by atoms with E-state index < -0.39 is 0 Å². The number of aryl methyl sites for hydroxylation is 1. The van der Waals surface area contributed by atoms with Crippen molar-refractivity contribution in [3.63, 3.8) is 0 Å². The minimum Gasteiger partial charge on any atom is -0.310 e. The van der Waals surface area contributed by atoms with Crippen molar-refractivity contribution in [2.45, 2.75) is 32.2 Å². The van der Waals surface area contributed by atoms with Crippen LogP contribution in [0.4, 0.5) is 4.39 Å². The van der Waals surface area contributed by atoms with Gasteiger partial charge in [-0.25, -0.2) is 4.39 Å². The van der Waals surface area contributed by atoms with Gasteiger partial charge in [0.25, 0.3) is 0 Å². The van der Waals surface area contributed by atoms with E-state index in [0.717, 1.165) is 28.6 Å². The van der Waals surface area contributed by atoms with Gasteiger partial charge in [0, 0.05) is 16.1 Å². The van der Waals surface area contributed by atoms with Crippen LogP contribution in [0.5, 0.6) is 0 Å². The van der Waals surface area contributed by atoms with E-state index in [9.17, 15) is 4.39 Å². The van der Waals surface area contributed by atoms with Gasteiger partial charge in [-0.2, -0.15) is 0 Å². The highest BCUT2D eigenvalue weighted by Gasteiger charge is 2.18. The largest absolute Gasteiger partial charge is 0.310 e. The van der Waals surface area contributed by atoms with Gasteiger partial charge < -0.3 is 5.32 Å². The summed E-state index contributed by atoms with van der Waals surface area (Å²) in [6.45, 7) is 3.00. The molecule has 1 heterocycles. The van der Waals surface area contributed by atoms with Crippen LogP contribution in [0.1, 0.15) is 36.4 Å². The van der Waals surface area contributed by atoms with Gasteiger partial charge in [-0.1, -0.05) is 28.4 Å². The Labute approximate surface area is 98.2 Å². The highest BCUT2D eigenvalue weighted by Crippen LogP contribution is 2.29. The molecule has 1 aromatic carbocycles. The molecule has 1 aliphatic rings. The van der Waals surface area contributed by atoms with Crippen LogP contribution in [0.25, 0.3) is 0 Å². The fourth-order valence-corrected chi connectivity index (χ4v) is 2.38. The Hall–Kier alpha value is -0.410. The van der Waals surface area contributed by atoms with E-state index in [4.69, 9.17) is 0 Å². The first-order chi connectivity index (χ1) is 7.18. The summed E-state index contributed by atoms with van der Waals surface area (Å²) in [6.07, 6.45) is 3.43. The number of hydrogen-bond acceptors (Lipinski definition) is 1. The monoisotopic (exact) mass is 271 g/mol. The average Bonchev–Trinajstić information content (AvgIpc) is 2.25. The molecular formula is C12H15BrFN. The van der Waals surface area contributed by atoms with E-state index in [-0.39, 0.29) is 11.9 Å². The minimum atomic E-state index is -0.105. The van der Waals surface area contributed by atoms with Gasteiger partial charge >= 0.3 is 0 Å². The zero-order valence-electron chi connectivity index (χ0n) is 8.82. The first-order valence-corrected chi connectivity index (χ1v) is 6.16. The summed E-state index contributed by atoms with van der Waals surface area (Å²) in [5.74, 6) is -0.105. The summed E-state index contributed by atoms with van der Waals surface area (Å²) in [4.78, 5) is 0. The van der Waals surface area contributed by atoms with Gasteiger partial charge in [-0.15, -0.1) is 0 Å². The highest BCUT2D eigenvalue weighted by molar-refractivity contribution is 9.10. The number of piperidine rings is 1. The Morgan fingerprint density at radius 2 is 2.20 bits per heavy atom. The second kappa shape index (κ2) is 4.62. The Balaban J connectivity index is 2.30. The van der Waals surface area contributed by atoms with E-state index in [1.165, 1.54) is 12.8 Å². The van der Waals surface area contributed by atoms with Crippen molar-refractivity contribution >= 4 is 15.9 Å².